The zero-order valence-corrected chi connectivity index (χ0v) is 11.4. The molecule has 0 fully saturated rings. The molecule has 0 bridgehead atoms. The number of hydrogen-bond donors (Lipinski definition) is 2. The molecule has 2 heteroatoms. The fraction of sp³-hybridized carbons (Fsp3) is 0.294. The van der Waals surface area contributed by atoms with Crippen molar-refractivity contribution in [2.45, 2.75) is 33.0 Å². The molecule has 0 aliphatic heterocycles. The van der Waals surface area contributed by atoms with Crippen LogP contribution in [0.15, 0.2) is 48.5 Å². The Morgan fingerprint density at radius 1 is 0.737 bits per heavy atom. The molecule has 0 heterocycles. The second-order valence-corrected chi connectivity index (χ2v) is 4.75. The number of aliphatic hydroxyl groups excluding tert-OH is 1. The largest absolute Gasteiger partial charge is 0.392 e. The summed E-state index contributed by atoms with van der Waals surface area (Å²) < 4.78 is 0. The molecule has 0 aliphatic rings. The summed E-state index contributed by atoms with van der Waals surface area (Å²) in [6, 6.07) is 16.8. The van der Waals surface area contributed by atoms with Gasteiger partial charge in [0.25, 0.3) is 0 Å². The zero-order chi connectivity index (χ0) is 13.5. The summed E-state index contributed by atoms with van der Waals surface area (Å²) in [4.78, 5) is 0. The van der Waals surface area contributed by atoms with Crippen LogP contribution in [0, 0.1) is 0 Å². The van der Waals surface area contributed by atoms with Gasteiger partial charge in [-0.25, -0.2) is 0 Å². The van der Waals surface area contributed by atoms with Gasteiger partial charge in [0.05, 0.1) is 6.61 Å². The Bertz CT molecular complexity index is 440. The van der Waals surface area contributed by atoms with Crippen LogP contribution in [0.3, 0.4) is 0 Å². The van der Waals surface area contributed by atoms with Gasteiger partial charge in [0, 0.05) is 13.1 Å². The Morgan fingerprint density at radius 2 is 1.16 bits per heavy atom. The Morgan fingerprint density at radius 3 is 1.58 bits per heavy atom. The number of hydrogen-bond acceptors (Lipinski definition) is 2. The minimum absolute atomic E-state index is 0.109. The van der Waals surface area contributed by atoms with E-state index in [0.717, 1.165) is 25.1 Å². The molecule has 0 saturated carbocycles. The Balaban J connectivity index is 1.81. The van der Waals surface area contributed by atoms with Crippen molar-refractivity contribution in [3.8, 4) is 0 Å². The van der Waals surface area contributed by atoms with E-state index in [0.29, 0.717) is 0 Å². The van der Waals surface area contributed by atoms with E-state index in [1.165, 1.54) is 16.7 Å². The van der Waals surface area contributed by atoms with Gasteiger partial charge < -0.3 is 10.4 Å². The summed E-state index contributed by atoms with van der Waals surface area (Å²) in [5.41, 5.74) is 4.88. The van der Waals surface area contributed by atoms with E-state index in [1.54, 1.807) is 0 Å². The molecule has 0 radical (unpaired) electrons. The first kappa shape index (κ1) is 13.8. The molecule has 0 unspecified atom stereocenters. The lowest BCUT2D eigenvalue weighted by Gasteiger charge is -2.06. The molecule has 0 aromatic heterocycles. The van der Waals surface area contributed by atoms with Crippen LogP contribution in [0.1, 0.15) is 29.2 Å². The van der Waals surface area contributed by atoms with Crippen molar-refractivity contribution in [2.24, 2.45) is 0 Å². The highest BCUT2D eigenvalue weighted by Crippen LogP contribution is 2.06. The number of aliphatic hydroxyl groups is 1. The van der Waals surface area contributed by atoms with Gasteiger partial charge in [-0.2, -0.15) is 0 Å². The van der Waals surface area contributed by atoms with E-state index in [4.69, 9.17) is 5.11 Å². The zero-order valence-electron chi connectivity index (χ0n) is 11.4. The summed E-state index contributed by atoms with van der Waals surface area (Å²) >= 11 is 0. The highest BCUT2D eigenvalue weighted by atomic mass is 16.3. The van der Waals surface area contributed by atoms with E-state index in [9.17, 15) is 0 Å². The smallest absolute Gasteiger partial charge is 0.0681 e. The Hall–Kier alpha value is -1.64. The second kappa shape index (κ2) is 7.07. The van der Waals surface area contributed by atoms with Gasteiger partial charge in [-0.15, -0.1) is 0 Å². The molecule has 0 atom stereocenters. The molecule has 0 saturated heterocycles. The van der Waals surface area contributed by atoms with Crippen LogP contribution in [-0.4, -0.2) is 5.11 Å². The van der Waals surface area contributed by atoms with Gasteiger partial charge in [-0.05, 0) is 28.7 Å². The minimum atomic E-state index is 0.109. The Kier molecular flexibility index (Phi) is 5.13. The van der Waals surface area contributed by atoms with Crippen molar-refractivity contribution in [1.82, 2.24) is 5.32 Å². The summed E-state index contributed by atoms with van der Waals surface area (Å²) in [6.45, 7) is 4.01. The molecular weight excluding hydrogens is 234 g/mol. The standard InChI is InChI=1S/C17H21NO/c1-2-14-3-5-15(6-4-14)11-18-12-16-7-9-17(13-19)10-8-16/h3-10,18-19H,2,11-13H2,1H3. The molecule has 2 N–H and O–H groups in total. The molecular formula is C17H21NO. The maximum Gasteiger partial charge on any atom is 0.0681 e. The lowest BCUT2D eigenvalue weighted by molar-refractivity contribution is 0.282. The first-order valence-corrected chi connectivity index (χ1v) is 6.79. The maximum atomic E-state index is 8.98. The third kappa shape index (κ3) is 4.19. The molecule has 2 nitrogen and oxygen atoms in total. The van der Waals surface area contributed by atoms with Crippen LogP contribution < -0.4 is 5.32 Å². The molecule has 100 valence electrons. The summed E-state index contributed by atoms with van der Waals surface area (Å²) in [5, 5.41) is 12.4. The van der Waals surface area contributed by atoms with Crippen molar-refractivity contribution in [3.63, 3.8) is 0 Å². The van der Waals surface area contributed by atoms with Crippen LogP contribution in [0.2, 0.25) is 0 Å². The van der Waals surface area contributed by atoms with Gasteiger partial charge in [-0.1, -0.05) is 55.5 Å². The third-order valence-electron chi connectivity index (χ3n) is 3.30. The van der Waals surface area contributed by atoms with Crippen molar-refractivity contribution < 1.29 is 5.11 Å². The first-order chi connectivity index (χ1) is 9.31. The molecule has 19 heavy (non-hydrogen) atoms. The average Bonchev–Trinajstić information content (AvgIpc) is 2.49. The number of nitrogens with one attached hydrogen (secondary N) is 1. The summed E-state index contributed by atoms with van der Waals surface area (Å²) in [7, 11) is 0. The second-order valence-electron chi connectivity index (χ2n) is 4.75. The molecule has 2 aromatic carbocycles. The van der Waals surface area contributed by atoms with E-state index >= 15 is 0 Å². The number of benzene rings is 2. The minimum Gasteiger partial charge on any atom is -0.392 e. The summed E-state index contributed by atoms with van der Waals surface area (Å²) in [6.07, 6.45) is 1.09. The third-order valence-corrected chi connectivity index (χ3v) is 3.30. The topological polar surface area (TPSA) is 32.3 Å². The van der Waals surface area contributed by atoms with Crippen molar-refractivity contribution in [3.05, 3.63) is 70.8 Å². The van der Waals surface area contributed by atoms with Gasteiger partial charge in [0.2, 0.25) is 0 Å². The monoisotopic (exact) mass is 255 g/mol. The van der Waals surface area contributed by atoms with Gasteiger partial charge in [-0.3, -0.25) is 0 Å². The molecule has 2 aromatic rings. The lowest BCUT2D eigenvalue weighted by Crippen LogP contribution is -2.12. The highest BCUT2D eigenvalue weighted by Gasteiger charge is 1.96. The van der Waals surface area contributed by atoms with E-state index in [-0.39, 0.29) is 6.61 Å². The average molecular weight is 255 g/mol. The Labute approximate surface area is 115 Å². The van der Waals surface area contributed by atoms with Crippen molar-refractivity contribution in [1.29, 1.82) is 0 Å². The van der Waals surface area contributed by atoms with Crippen LogP contribution in [0.25, 0.3) is 0 Å². The predicted molar refractivity (Wildman–Crippen MR) is 78.7 cm³/mol. The normalized spacial score (nSPS) is 10.6. The van der Waals surface area contributed by atoms with Crippen LogP contribution in [0.4, 0.5) is 0 Å². The quantitative estimate of drug-likeness (QED) is 0.831. The molecule has 2 rings (SSSR count). The fourth-order valence-corrected chi connectivity index (χ4v) is 2.01. The number of rotatable bonds is 6. The molecule has 0 spiro atoms. The molecule has 0 aliphatic carbocycles. The number of aryl methyl sites for hydroxylation is 1. The van der Waals surface area contributed by atoms with Crippen molar-refractivity contribution in [2.75, 3.05) is 0 Å². The van der Waals surface area contributed by atoms with Crippen LogP contribution >= 0.6 is 0 Å². The fourth-order valence-electron chi connectivity index (χ4n) is 2.01. The predicted octanol–water partition coefficient (Wildman–Crippen LogP) is 3.03. The lowest BCUT2D eigenvalue weighted by atomic mass is 10.1. The van der Waals surface area contributed by atoms with E-state index in [1.807, 2.05) is 12.1 Å². The highest BCUT2D eigenvalue weighted by molar-refractivity contribution is 5.23. The summed E-state index contributed by atoms with van der Waals surface area (Å²) in [5.74, 6) is 0. The van der Waals surface area contributed by atoms with E-state index in [2.05, 4.69) is 48.6 Å². The van der Waals surface area contributed by atoms with Crippen molar-refractivity contribution >= 4 is 0 Å². The van der Waals surface area contributed by atoms with Crippen LogP contribution in [-0.2, 0) is 26.1 Å². The van der Waals surface area contributed by atoms with Crippen LogP contribution in [0.5, 0.6) is 0 Å². The van der Waals surface area contributed by atoms with Gasteiger partial charge in [0.1, 0.15) is 0 Å². The first-order valence-electron chi connectivity index (χ1n) is 6.79. The maximum absolute atomic E-state index is 8.98. The van der Waals surface area contributed by atoms with Gasteiger partial charge in [0.15, 0.2) is 0 Å². The van der Waals surface area contributed by atoms with Gasteiger partial charge >= 0.3 is 0 Å². The molecule has 0 amide bonds. The van der Waals surface area contributed by atoms with E-state index < -0.39 is 0 Å². The SMILES string of the molecule is CCc1ccc(CNCc2ccc(CO)cc2)cc1.